The SMILES string of the molecule is CCCCNS(=O)(=O)c1cn(C2CCCC2)nc1-c1cccs1. The molecule has 2 heterocycles. The molecular formula is C16H23N3O2S2. The molecule has 7 heteroatoms. The van der Waals surface area contributed by atoms with E-state index in [4.69, 9.17) is 0 Å². The summed E-state index contributed by atoms with van der Waals surface area (Å²) in [5.74, 6) is 0. The maximum atomic E-state index is 12.7. The lowest BCUT2D eigenvalue weighted by atomic mass is 10.3. The quantitative estimate of drug-likeness (QED) is 0.770. The minimum absolute atomic E-state index is 0.308. The molecule has 0 unspecified atom stereocenters. The summed E-state index contributed by atoms with van der Waals surface area (Å²) in [6.45, 7) is 2.51. The van der Waals surface area contributed by atoms with E-state index < -0.39 is 10.0 Å². The number of hydrogen-bond acceptors (Lipinski definition) is 4. The maximum absolute atomic E-state index is 12.7. The number of aromatic nitrogens is 2. The van der Waals surface area contributed by atoms with E-state index in [9.17, 15) is 8.42 Å². The van der Waals surface area contributed by atoms with Gasteiger partial charge in [-0.3, -0.25) is 4.68 Å². The number of nitrogens with zero attached hydrogens (tertiary/aromatic N) is 2. The third-order valence-electron chi connectivity index (χ3n) is 4.26. The number of thiophene rings is 1. The van der Waals surface area contributed by atoms with Crippen LogP contribution < -0.4 is 4.72 Å². The molecule has 126 valence electrons. The molecule has 0 bridgehead atoms. The summed E-state index contributed by atoms with van der Waals surface area (Å²) in [6.07, 6.45) is 8.05. The Labute approximate surface area is 141 Å². The van der Waals surface area contributed by atoms with Gasteiger partial charge in [0.25, 0.3) is 0 Å². The fourth-order valence-corrected chi connectivity index (χ4v) is 4.98. The van der Waals surface area contributed by atoms with Crippen LogP contribution in [0.3, 0.4) is 0 Å². The molecule has 0 atom stereocenters. The first-order chi connectivity index (χ1) is 11.1. The highest BCUT2D eigenvalue weighted by atomic mass is 32.2. The summed E-state index contributed by atoms with van der Waals surface area (Å²) in [6, 6.07) is 4.18. The lowest BCUT2D eigenvalue weighted by Crippen LogP contribution is -2.24. The van der Waals surface area contributed by atoms with Gasteiger partial charge in [-0.1, -0.05) is 32.3 Å². The molecular weight excluding hydrogens is 330 g/mol. The van der Waals surface area contributed by atoms with Crippen molar-refractivity contribution in [2.24, 2.45) is 0 Å². The van der Waals surface area contributed by atoms with Crippen molar-refractivity contribution < 1.29 is 8.42 Å². The van der Waals surface area contributed by atoms with E-state index in [1.807, 2.05) is 29.1 Å². The van der Waals surface area contributed by atoms with Crippen molar-refractivity contribution in [3.05, 3.63) is 23.7 Å². The third-order valence-corrected chi connectivity index (χ3v) is 6.60. The average Bonchev–Trinajstić information content (AvgIpc) is 3.26. The molecule has 0 aliphatic heterocycles. The van der Waals surface area contributed by atoms with E-state index in [0.29, 0.717) is 23.2 Å². The van der Waals surface area contributed by atoms with Crippen molar-refractivity contribution in [2.75, 3.05) is 6.54 Å². The van der Waals surface area contributed by atoms with Crippen molar-refractivity contribution in [3.63, 3.8) is 0 Å². The summed E-state index contributed by atoms with van der Waals surface area (Å²) in [7, 11) is -3.52. The van der Waals surface area contributed by atoms with Crippen LogP contribution in [-0.4, -0.2) is 24.7 Å². The van der Waals surface area contributed by atoms with Crippen molar-refractivity contribution in [1.82, 2.24) is 14.5 Å². The van der Waals surface area contributed by atoms with Crippen LogP contribution in [0.5, 0.6) is 0 Å². The summed E-state index contributed by atoms with van der Waals surface area (Å²) < 4.78 is 30.0. The zero-order valence-electron chi connectivity index (χ0n) is 13.4. The third kappa shape index (κ3) is 3.67. The Balaban J connectivity index is 1.96. The second-order valence-electron chi connectivity index (χ2n) is 5.99. The predicted octanol–water partition coefficient (Wildman–Crippen LogP) is 3.81. The van der Waals surface area contributed by atoms with Crippen LogP contribution >= 0.6 is 11.3 Å². The Kier molecular flexibility index (Phi) is 5.18. The van der Waals surface area contributed by atoms with Gasteiger partial charge in [-0.25, -0.2) is 13.1 Å². The van der Waals surface area contributed by atoms with Gasteiger partial charge < -0.3 is 0 Å². The van der Waals surface area contributed by atoms with E-state index >= 15 is 0 Å². The average molecular weight is 354 g/mol. The topological polar surface area (TPSA) is 64.0 Å². The first-order valence-corrected chi connectivity index (χ1v) is 10.6. The molecule has 0 radical (unpaired) electrons. The number of nitrogens with one attached hydrogen (secondary N) is 1. The first kappa shape index (κ1) is 16.7. The molecule has 23 heavy (non-hydrogen) atoms. The van der Waals surface area contributed by atoms with Gasteiger partial charge >= 0.3 is 0 Å². The highest BCUT2D eigenvalue weighted by Crippen LogP contribution is 2.34. The number of unbranched alkanes of at least 4 members (excludes halogenated alkanes) is 1. The summed E-state index contributed by atoms with van der Waals surface area (Å²) in [5, 5.41) is 6.59. The van der Waals surface area contributed by atoms with Crippen LogP contribution in [0.25, 0.3) is 10.6 Å². The van der Waals surface area contributed by atoms with E-state index in [-0.39, 0.29) is 0 Å². The summed E-state index contributed by atoms with van der Waals surface area (Å²) >= 11 is 1.52. The molecule has 0 aromatic carbocycles. The molecule has 1 N–H and O–H groups in total. The van der Waals surface area contributed by atoms with Gasteiger partial charge in [-0.2, -0.15) is 5.10 Å². The lowest BCUT2D eigenvalue weighted by Gasteiger charge is -2.08. The molecule has 2 aromatic rings. The van der Waals surface area contributed by atoms with Crippen LogP contribution in [0.1, 0.15) is 51.5 Å². The number of hydrogen-bond donors (Lipinski definition) is 1. The first-order valence-electron chi connectivity index (χ1n) is 8.24. The Morgan fingerprint density at radius 1 is 1.39 bits per heavy atom. The summed E-state index contributed by atoms with van der Waals surface area (Å²) in [4.78, 5) is 1.21. The molecule has 1 saturated carbocycles. The van der Waals surface area contributed by atoms with Crippen molar-refractivity contribution >= 4 is 21.4 Å². The smallest absolute Gasteiger partial charge is 0.244 e. The van der Waals surface area contributed by atoms with E-state index in [1.54, 1.807) is 6.20 Å². The predicted molar refractivity (Wildman–Crippen MR) is 93.1 cm³/mol. The van der Waals surface area contributed by atoms with Gasteiger partial charge in [0.2, 0.25) is 10.0 Å². The zero-order chi connectivity index (χ0) is 16.3. The molecule has 1 fully saturated rings. The van der Waals surface area contributed by atoms with Gasteiger partial charge in [-0.15, -0.1) is 11.3 Å². The van der Waals surface area contributed by atoms with E-state index in [0.717, 1.165) is 30.6 Å². The number of sulfonamides is 1. The molecule has 0 amide bonds. The van der Waals surface area contributed by atoms with E-state index in [1.165, 1.54) is 24.2 Å². The van der Waals surface area contributed by atoms with Gasteiger partial charge in [0, 0.05) is 12.7 Å². The highest BCUT2D eigenvalue weighted by molar-refractivity contribution is 7.89. The Morgan fingerprint density at radius 2 is 2.17 bits per heavy atom. The highest BCUT2D eigenvalue weighted by Gasteiger charge is 2.27. The van der Waals surface area contributed by atoms with Gasteiger partial charge in [0.15, 0.2) is 0 Å². The fraction of sp³-hybridized carbons (Fsp3) is 0.562. The molecule has 5 nitrogen and oxygen atoms in total. The number of rotatable bonds is 7. The molecule has 0 spiro atoms. The van der Waals surface area contributed by atoms with Crippen LogP contribution in [0.2, 0.25) is 0 Å². The second-order valence-corrected chi connectivity index (χ2v) is 8.67. The van der Waals surface area contributed by atoms with Crippen LogP contribution in [0.4, 0.5) is 0 Å². The van der Waals surface area contributed by atoms with Crippen LogP contribution in [0, 0.1) is 0 Å². The minimum Gasteiger partial charge on any atom is -0.268 e. The fourth-order valence-electron chi connectivity index (χ4n) is 2.97. The molecule has 1 aliphatic rings. The minimum atomic E-state index is -3.52. The maximum Gasteiger partial charge on any atom is 0.244 e. The van der Waals surface area contributed by atoms with Crippen molar-refractivity contribution in [2.45, 2.75) is 56.4 Å². The molecule has 1 aliphatic carbocycles. The summed E-state index contributed by atoms with van der Waals surface area (Å²) in [5.41, 5.74) is 0.580. The Hall–Kier alpha value is -1.18. The Morgan fingerprint density at radius 3 is 2.83 bits per heavy atom. The molecule has 2 aromatic heterocycles. The standard InChI is InChI=1S/C16H23N3O2S2/c1-2-3-10-17-23(20,21)15-12-19(13-7-4-5-8-13)18-16(15)14-9-6-11-22-14/h6,9,11-13,17H,2-5,7-8,10H2,1H3. The zero-order valence-corrected chi connectivity index (χ0v) is 15.0. The van der Waals surface area contributed by atoms with Gasteiger partial charge in [-0.05, 0) is 30.7 Å². The normalized spacial score (nSPS) is 16.2. The lowest BCUT2D eigenvalue weighted by molar-refractivity contribution is 0.467. The van der Waals surface area contributed by atoms with Gasteiger partial charge in [0.05, 0.1) is 10.9 Å². The van der Waals surface area contributed by atoms with E-state index in [2.05, 4.69) is 9.82 Å². The van der Waals surface area contributed by atoms with Gasteiger partial charge in [0.1, 0.15) is 10.6 Å². The molecule has 3 rings (SSSR count). The Bertz CT molecular complexity index is 729. The monoisotopic (exact) mass is 353 g/mol. The second kappa shape index (κ2) is 7.15. The van der Waals surface area contributed by atoms with Crippen molar-refractivity contribution in [3.8, 4) is 10.6 Å². The van der Waals surface area contributed by atoms with Crippen LogP contribution in [-0.2, 0) is 10.0 Å². The largest absolute Gasteiger partial charge is 0.268 e. The molecule has 0 saturated heterocycles. The van der Waals surface area contributed by atoms with Crippen molar-refractivity contribution in [1.29, 1.82) is 0 Å². The van der Waals surface area contributed by atoms with Crippen LogP contribution in [0.15, 0.2) is 28.6 Å².